The van der Waals surface area contributed by atoms with Crippen LogP contribution >= 0.6 is 94.1 Å². The zero-order chi connectivity index (χ0) is 27.1. The number of nitrogens with one attached hydrogen (secondary N) is 1. The molecule has 218 valence electrons. The van der Waals surface area contributed by atoms with E-state index < -0.39 is 10.8 Å². The van der Waals surface area contributed by atoms with Gasteiger partial charge in [0.1, 0.15) is 5.94 Å². The summed E-state index contributed by atoms with van der Waals surface area (Å²) < 4.78 is 11.7. The Morgan fingerprint density at radius 3 is 2.32 bits per heavy atom. The summed E-state index contributed by atoms with van der Waals surface area (Å²) in [5.41, 5.74) is 1.58. The summed E-state index contributed by atoms with van der Waals surface area (Å²) in [5.74, 6) is 5.47. The van der Waals surface area contributed by atoms with Crippen LogP contribution in [0.3, 0.4) is 0 Å². The molecule has 0 fully saturated rings. The van der Waals surface area contributed by atoms with Gasteiger partial charge >= 0.3 is 0 Å². The van der Waals surface area contributed by atoms with Gasteiger partial charge in [0.05, 0.1) is 28.8 Å². The summed E-state index contributed by atoms with van der Waals surface area (Å²) in [5, 5.41) is 15.6. The molecule has 0 aromatic heterocycles. The first kappa shape index (κ1) is 38.5. The van der Waals surface area contributed by atoms with Gasteiger partial charge in [-0.25, -0.2) is 0 Å². The standard InChI is InChI=1S/C20H39N3O5S9/c1-2-3-22-13-37(26)11-10-32-19-35-18-31-8-9-36-20(25)23-5-7-30-17-34-16-29-6-4-21-12-27-28-15-33-14-24/h12-13,24H,2-11,14-19H2,1H3,(H,23,25). The number of aliphatic hydroxyl groups excluding tert-OH is 1. The van der Waals surface area contributed by atoms with Crippen LogP contribution in [-0.4, -0.2) is 113 Å². The topological polar surface area (TPSA) is 110 Å². The van der Waals surface area contributed by atoms with Crippen molar-refractivity contribution >= 4 is 122 Å². The maximum atomic E-state index is 11.9. The normalized spacial score (nSPS) is 12.5. The smallest absolute Gasteiger partial charge is 0.279 e. The van der Waals surface area contributed by atoms with Gasteiger partial charge in [0.2, 0.25) is 6.40 Å². The van der Waals surface area contributed by atoms with Gasteiger partial charge in [-0.05, 0) is 6.42 Å². The molecule has 0 spiro atoms. The lowest BCUT2D eigenvalue weighted by atomic mass is 10.5. The van der Waals surface area contributed by atoms with Gasteiger partial charge in [-0.1, -0.05) is 18.7 Å². The quantitative estimate of drug-likeness (QED) is 0.0271. The van der Waals surface area contributed by atoms with Crippen molar-refractivity contribution in [2.75, 3.05) is 86.4 Å². The number of aliphatic hydroxyl groups is 1. The second kappa shape index (κ2) is 33.7. The van der Waals surface area contributed by atoms with Crippen molar-refractivity contribution < 1.29 is 23.9 Å². The molecule has 8 nitrogen and oxygen atoms in total. The van der Waals surface area contributed by atoms with E-state index in [4.69, 9.17) is 14.9 Å². The lowest BCUT2D eigenvalue weighted by Gasteiger charge is -2.05. The number of carbonyl (C=O) groups is 1. The number of aliphatic imine (C=N–C) groups is 2. The third kappa shape index (κ3) is 33.6. The highest BCUT2D eigenvalue weighted by Gasteiger charge is 2.02. The fourth-order valence-corrected chi connectivity index (χ4v) is 10.7. The molecule has 0 heterocycles. The van der Waals surface area contributed by atoms with Crippen molar-refractivity contribution in [3.63, 3.8) is 0 Å². The Morgan fingerprint density at radius 1 is 0.892 bits per heavy atom. The van der Waals surface area contributed by atoms with Gasteiger partial charge < -0.3 is 15.3 Å². The van der Waals surface area contributed by atoms with Crippen LogP contribution in [0.5, 0.6) is 0 Å². The lowest BCUT2D eigenvalue weighted by Crippen LogP contribution is -2.22. The average molecular weight is 690 g/mol. The first-order valence-corrected chi connectivity index (χ1v) is 21.8. The van der Waals surface area contributed by atoms with Gasteiger partial charge in [-0.3, -0.25) is 19.0 Å². The number of thioether (sulfide) groups is 8. The number of hydrogen-bond acceptors (Lipinski definition) is 15. The molecule has 2 N–H and O–H groups in total. The second-order valence-electron chi connectivity index (χ2n) is 6.35. The van der Waals surface area contributed by atoms with Crippen LogP contribution in [0.1, 0.15) is 13.3 Å². The fourth-order valence-electron chi connectivity index (χ4n) is 1.80. The largest absolute Gasteiger partial charge is 0.386 e. The molecule has 1 amide bonds. The van der Waals surface area contributed by atoms with Gasteiger partial charge in [-0.2, -0.15) is 28.4 Å². The van der Waals surface area contributed by atoms with Crippen LogP contribution in [0.2, 0.25) is 0 Å². The summed E-state index contributed by atoms with van der Waals surface area (Å²) in [4.78, 5) is 29.5. The van der Waals surface area contributed by atoms with Gasteiger partial charge in [0.25, 0.3) is 5.24 Å². The maximum absolute atomic E-state index is 11.9. The molecule has 0 rings (SSSR count). The molecule has 37 heavy (non-hydrogen) atoms. The Bertz CT molecular complexity index is 596. The molecule has 1 unspecified atom stereocenters. The van der Waals surface area contributed by atoms with Crippen molar-refractivity contribution in [3.8, 4) is 0 Å². The first-order valence-electron chi connectivity index (χ1n) is 11.4. The fraction of sp³-hybridized carbons (Fsp3) is 0.850. The number of nitrogens with zero attached hydrogens (tertiary/aromatic N) is 2. The van der Waals surface area contributed by atoms with Crippen LogP contribution in [0.4, 0.5) is 4.79 Å². The molecule has 0 saturated heterocycles. The second-order valence-corrected chi connectivity index (χ2v) is 17.6. The van der Waals surface area contributed by atoms with Crippen LogP contribution < -0.4 is 5.32 Å². The Morgan fingerprint density at radius 2 is 1.59 bits per heavy atom. The summed E-state index contributed by atoms with van der Waals surface area (Å²) in [6.07, 6.45) is 2.27. The van der Waals surface area contributed by atoms with E-state index in [1.54, 1.807) is 5.55 Å². The molecule has 0 aliphatic rings. The third-order valence-electron chi connectivity index (χ3n) is 3.39. The van der Waals surface area contributed by atoms with Crippen LogP contribution in [-0.2, 0) is 20.6 Å². The number of carbonyl (C=O) groups excluding carboxylic acids is 1. The predicted molar refractivity (Wildman–Crippen MR) is 182 cm³/mol. The Labute approximate surface area is 258 Å². The Balaban J connectivity index is 3.26. The molecule has 17 heteroatoms. The molecule has 0 aliphatic heterocycles. The SMILES string of the molecule is CCCN=CS(=O)CCSCSCSCCSC(=O)NCCSCSCSCCN=COOCSCO. The van der Waals surface area contributed by atoms with E-state index in [9.17, 15) is 9.00 Å². The zero-order valence-corrected chi connectivity index (χ0v) is 28.5. The van der Waals surface area contributed by atoms with Crippen LogP contribution in [0.25, 0.3) is 0 Å². The van der Waals surface area contributed by atoms with Crippen molar-refractivity contribution in [3.05, 3.63) is 0 Å². The van der Waals surface area contributed by atoms with Crippen molar-refractivity contribution in [1.29, 1.82) is 0 Å². The lowest BCUT2D eigenvalue weighted by molar-refractivity contribution is -0.196. The highest BCUT2D eigenvalue weighted by atomic mass is 32.2. The first-order chi connectivity index (χ1) is 18.2. The monoisotopic (exact) mass is 689 g/mol. The van der Waals surface area contributed by atoms with E-state index in [1.807, 2.05) is 70.6 Å². The minimum absolute atomic E-state index is 0.00459. The molecule has 0 saturated carbocycles. The van der Waals surface area contributed by atoms with E-state index in [0.29, 0.717) is 18.8 Å². The summed E-state index contributed by atoms with van der Waals surface area (Å²) in [6, 6.07) is 0. The minimum atomic E-state index is -0.932. The molecule has 0 aromatic rings. The Kier molecular flexibility index (Phi) is 35.0. The van der Waals surface area contributed by atoms with Crippen molar-refractivity contribution in [1.82, 2.24) is 5.32 Å². The van der Waals surface area contributed by atoms with Crippen molar-refractivity contribution in [2.24, 2.45) is 9.98 Å². The molecular weight excluding hydrogens is 651 g/mol. The number of amides is 1. The molecule has 0 aromatic carbocycles. The summed E-state index contributed by atoms with van der Waals surface area (Å²) >= 11 is 13.6. The van der Waals surface area contributed by atoms with Crippen molar-refractivity contribution in [2.45, 2.75) is 13.3 Å². The zero-order valence-electron chi connectivity index (χ0n) is 21.1. The van der Waals surface area contributed by atoms with E-state index in [1.165, 1.54) is 29.9 Å². The molecular formula is C20H39N3O5S9. The predicted octanol–water partition coefficient (Wildman–Crippen LogP) is 5.46. The minimum Gasteiger partial charge on any atom is -0.386 e. The van der Waals surface area contributed by atoms with Crippen LogP contribution in [0, 0.1) is 0 Å². The molecule has 1 atom stereocenters. The number of hydrogen-bond donors (Lipinski definition) is 2. The third-order valence-corrected chi connectivity index (χ3v) is 13.4. The van der Waals surface area contributed by atoms with E-state index in [2.05, 4.69) is 22.2 Å². The average Bonchev–Trinajstić information content (AvgIpc) is 2.89. The Hall–Kier alpha value is 1.48. The summed E-state index contributed by atoms with van der Waals surface area (Å²) in [7, 11) is -0.932. The highest BCUT2D eigenvalue weighted by molar-refractivity contribution is 8.23. The van der Waals surface area contributed by atoms with Crippen LogP contribution in [0.15, 0.2) is 9.98 Å². The van der Waals surface area contributed by atoms with E-state index >= 15 is 0 Å². The molecule has 0 bridgehead atoms. The van der Waals surface area contributed by atoms with Gasteiger partial charge in [0.15, 0.2) is 0 Å². The van der Waals surface area contributed by atoms with E-state index in [0.717, 1.165) is 62.1 Å². The highest BCUT2D eigenvalue weighted by Crippen LogP contribution is 2.19. The molecule has 0 aliphatic carbocycles. The maximum Gasteiger partial charge on any atom is 0.279 e. The van der Waals surface area contributed by atoms with E-state index in [-0.39, 0.29) is 17.1 Å². The molecule has 0 radical (unpaired) electrons. The number of rotatable bonds is 28. The summed E-state index contributed by atoms with van der Waals surface area (Å²) in [6.45, 7) is 4.19. The van der Waals surface area contributed by atoms with Gasteiger partial charge in [-0.15, -0.1) is 58.8 Å². The van der Waals surface area contributed by atoms with Gasteiger partial charge in [0, 0.05) is 67.9 Å².